The van der Waals surface area contributed by atoms with Crippen molar-refractivity contribution < 1.29 is 14.3 Å². The summed E-state index contributed by atoms with van der Waals surface area (Å²) in [7, 11) is 5.08. The zero-order chi connectivity index (χ0) is 25.1. The Morgan fingerprint density at radius 1 is 1.20 bits per heavy atom. The minimum absolute atomic E-state index is 0.0433. The van der Waals surface area contributed by atoms with E-state index in [1.54, 1.807) is 18.0 Å². The van der Waals surface area contributed by atoms with Gasteiger partial charge in [0, 0.05) is 48.9 Å². The summed E-state index contributed by atoms with van der Waals surface area (Å²) in [6.45, 7) is 1.94. The molecule has 0 bridgehead atoms. The van der Waals surface area contributed by atoms with Crippen LogP contribution in [0, 0.1) is 0 Å². The van der Waals surface area contributed by atoms with Crippen molar-refractivity contribution in [2.24, 2.45) is 4.99 Å². The third-order valence-corrected chi connectivity index (χ3v) is 7.01. The molecule has 35 heavy (non-hydrogen) atoms. The molecule has 1 fully saturated rings. The Hall–Kier alpha value is -3.01. The summed E-state index contributed by atoms with van der Waals surface area (Å²) in [6.07, 6.45) is -0.656. The lowest BCUT2D eigenvalue weighted by atomic mass is 10.0. The number of nitrogens with one attached hydrogen (secondary N) is 1. The molecular weight excluding hydrogens is 486 g/mol. The van der Waals surface area contributed by atoms with Crippen molar-refractivity contribution in [1.29, 1.82) is 0 Å². The number of esters is 1. The zero-order valence-corrected chi connectivity index (χ0v) is 21.5. The molecule has 2 unspecified atom stereocenters. The molecule has 8 nitrogen and oxygen atoms in total. The molecule has 2 aromatic rings. The Bertz CT molecular complexity index is 1160. The highest BCUT2D eigenvalue weighted by Gasteiger charge is 2.33. The van der Waals surface area contributed by atoms with Gasteiger partial charge in [-0.2, -0.15) is 0 Å². The third kappa shape index (κ3) is 5.47. The fourth-order valence-corrected chi connectivity index (χ4v) is 4.75. The average molecular weight is 514 g/mol. The maximum absolute atomic E-state index is 13.5. The molecule has 2 aromatic carbocycles. The highest BCUT2D eigenvalue weighted by Crippen LogP contribution is 2.30. The van der Waals surface area contributed by atoms with Crippen molar-refractivity contribution >= 4 is 52.2 Å². The second kappa shape index (κ2) is 10.7. The SMILES string of the molecule is COC(=O)CC1CN(C(=S)NC2N=C(c3ccccc3)c3cc(Cl)ccc3N(C)C2=O)CCN1C. The maximum atomic E-state index is 13.5. The number of methoxy groups -OCH3 is 1. The molecule has 10 heteroatoms. The van der Waals surface area contributed by atoms with E-state index in [1.165, 1.54) is 7.11 Å². The summed E-state index contributed by atoms with van der Waals surface area (Å²) >= 11 is 12.0. The predicted molar refractivity (Wildman–Crippen MR) is 141 cm³/mol. The van der Waals surface area contributed by atoms with Gasteiger partial charge in [-0.05, 0) is 37.5 Å². The van der Waals surface area contributed by atoms with E-state index in [2.05, 4.69) is 10.2 Å². The number of thiocarbonyl (C=S) groups is 1. The highest BCUT2D eigenvalue weighted by atomic mass is 35.5. The van der Waals surface area contributed by atoms with E-state index < -0.39 is 6.17 Å². The average Bonchev–Trinajstić information content (AvgIpc) is 2.96. The normalized spacial score (nSPS) is 20.6. The Kier molecular flexibility index (Phi) is 7.69. The van der Waals surface area contributed by atoms with Gasteiger partial charge in [-0.25, -0.2) is 4.99 Å². The van der Waals surface area contributed by atoms with E-state index in [0.717, 1.165) is 23.4 Å². The molecule has 4 rings (SSSR count). The van der Waals surface area contributed by atoms with Crippen LogP contribution in [0.4, 0.5) is 5.69 Å². The first kappa shape index (κ1) is 25.1. The molecule has 0 saturated carbocycles. The van der Waals surface area contributed by atoms with E-state index in [1.807, 2.05) is 54.4 Å². The van der Waals surface area contributed by atoms with E-state index in [4.69, 9.17) is 33.5 Å². The molecular formula is C25H28ClN5O3S. The maximum Gasteiger partial charge on any atom is 0.307 e. The fourth-order valence-electron chi connectivity index (χ4n) is 4.30. The largest absolute Gasteiger partial charge is 0.469 e. The van der Waals surface area contributed by atoms with Gasteiger partial charge in [0.25, 0.3) is 5.91 Å². The van der Waals surface area contributed by atoms with Gasteiger partial charge < -0.3 is 19.9 Å². The van der Waals surface area contributed by atoms with Crippen LogP contribution in [0.3, 0.4) is 0 Å². The Balaban J connectivity index is 1.63. The molecule has 1 amide bonds. The van der Waals surface area contributed by atoms with E-state index in [0.29, 0.717) is 28.9 Å². The quantitative estimate of drug-likeness (QED) is 0.497. The van der Waals surface area contributed by atoms with Crippen molar-refractivity contribution in [2.75, 3.05) is 45.7 Å². The lowest BCUT2D eigenvalue weighted by Gasteiger charge is -2.40. The second-order valence-electron chi connectivity index (χ2n) is 8.62. The van der Waals surface area contributed by atoms with Gasteiger partial charge in [-0.3, -0.25) is 14.5 Å². The Morgan fingerprint density at radius 2 is 1.94 bits per heavy atom. The standard InChI is InChI=1S/C25H28ClN5O3S/c1-29-11-12-31(15-18(29)14-21(32)34-3)25(35)28-23-24(33)30(2)20-10-9-17(26)13-19(20)22(27-23)16-7-5-4-6-8-16/h4-10,13,18,23H,11-12,14-15H2,1-3H3,(H,28,35). The molecule has 0 aliphatic carbocycles. The zero-order valence-electron chi connectivity index (χ0n) is 19.9. The number of amides is 1. The monoisotopic (exact) mass is 513 g/mol. The van der Waals surface area contributed by atoms with Gasteiger partial charge >= 0.3 is 5.97 Å². The van der Waals surface area contributed by atoms with Crippen LogP contribution in [0.2, 0.25) is 5.02 Å². The van der Waals surface area contributed by atoms with E-state index in [9.17, 15) is 9.59 Å². The highest BCUT2D eigenvalue weighted by molar-refractivity contribution is 7.80. The molecule has 2 atom stereocenters. The number of benzodiazepines with no additional fused rings is 1. The summed E-state index contributed by atoms with van der Waals surface area (Å²) in [5, 5.41) is 4.15. The predicted octanol–water partition coefficient (Wildman–Crippen LogP) is 2.53. The molecule has 0 spiro atoms. The first-order valence-electron chi connectivity index (χ1n) is 11.3. The summed E-state index contributed by atoms with van der Waals surface area (Å²) in [4.78, 5) is 35.8. The lowest BCUT2D eigenvalue weighted by Crippen LogP contribution is -2.58. The number of aliphatic imine (C=N–C) groups is 1. The number of nitrogens with zero attached hydrogens (tertiary/aromatic N) is 4. The first-order valence-corrected chi connectivity index (χ1v) is 12.1. The van der Waals surface area contributed by atoms with Crippen molar-refractivity contribution in [3.8, 4) is 0 Å². The molecule has 2 heterocycles. The minimum Gasteiger partial charge on any atom is -0.469 e. The fraction of sp³-hybridized carbons (Fsp3) is 0.360. The van der Waals surface area contributed by atoms with Crippen LogP contribution in [-0.4, -0.2) is 85.5 Å². The summed E-state index contributed by atoms with van der Waals surface area (Å²) in [5.74, 6) is -0.501. The molecule has 1 N–H and O–H groups in total. The van der Waals surface area contributed by atoms with Gasteiger partial charge in [0.15, 0.2) is 5.11 Å². The van der Waals surface area contributed by atoms with Gasteiger partial charge in [0.1, 0.15) is 0 Å². The molecule has 0 radical (unpaired) electrons. The number of ether oxygens (including phenoxy) is 1. The van der Waals surface area contributed by atoms with Crippen LogP contribution in [0.5, 0.6) is 0 Å². The number of rotatable bonds is 4. The lowest BCUT2D eigenvalue weighted by molar-refractivity contribution is -0.142. The smallest absolute Gasteiger partial charge is 0.307 e. The van der Waals surface area contributed by atoms with Crippen LogP contribution < -0.4 is 10.2 Å². The number of hydrogen-bond acceptors (Lipinski definition) is 6. The number of piperazine rings is 1. The van der Waals surface area contributed by atoms with Crippen LogP contribution in [0.1, 0.15) is 17.5 Å². The molecule has 1 saturated heterocycles. The van der Waals surface area contributed by atoms with Gasteiger partial charge in [-0.15, -0.1) is 0 Å². The molecule has 0 aromatic heterocycles. The molecule has 184 valence electrons. The van der Waals surface area contributed by atoms with Crippen LogP contribution >= 0.6 is 23.8 Å². The van der Waals surface area contributed by atoms with E-state index >= 15 is 0 Å². The van der Waals surface area contributed by atoms with Gasteiger partial charge in [0.05, 0.1) is 24.9 Å². The number of fused-ring (bicyclic) bond motifs is 1. The van der Waals surface area contributed by atoms with Crippen LogP contribution in [0.15, 0.2) is 53.5 Å². The summed E-state index contributed by atoms with van der Waals surface area (Å²) in [5.41, 5.74) is 3.01. The van der Waals surface area contributed by atoms with Crippen molar-refractivity contribution in [3.05, 3.63) is 64.7 Å². The number of anilines is 1. The number of likely N-dealkylation sites (N-methyl/N-ethyl adjacent to an activating group) is 2. The topological polar surface area (TPSA) is 77.5 Å². The Morgan fingerprint density at radius 3 is 2.66 bits per heavy atom. The number of halogens is 1. The van der Waals surface area contributed by atoms with Crippen molar-refractivity contribution in [3.63, 3.8) is 0 Å². The van der Waals surface area contributed by atoms with Crippen molar-refractivity contribution in [1.82, 2.24) is 15.1 Å². The molecule has 2 aliphatic rings. The summed E-state index contributed by atoms with van der Waals surface area (Å²) in [6, 6.07) is 15.1. The number of hydrogen-bond donors (Lipinski definition) is 1. The van der Waals surface area contributed by atoms with Crippen molar-refractivity contribution in [2.45, 2.75) is 18.6 Å². The van der Waals surface area contributed by atoms with Gasteiger partial charge in [-0.1, -0.05) is 41.9 Å². The van der Waals surface area contributed by atoms with E-state index in [-0.39, 0.29) is 24.3 Å². The number of carbonyl (C=O) groups is 2. The number of carbonyl (C=O) groups excluding carboxylic acids is 2. The number of benzene rings is 2. The first-order chi connectivity index (χ1) is 16.8. The van der Waals surface area contributed by atoms with Crippen LogP contribution in [-0.2, 0) is 14.3 Å². The minimum atomic E-state index is -0.924. The second-order valence-corrected chi connectivity index (χ2v) is 9.44. The van der Waals surface area contributed by atoms with Crippen LogP contribution in [0.25, 0.3) is 0 Å². The van der Waals surface area contributed by atoms with Gasteiger partial charge in [0.2, 0.25) is 6.17 Å². The molecule has 2 aliphatic heterocycles. The summed E-state index contributed by atoms with van der Waals surface area (Å²) < 4.78 is 4.84. The third-order valence-electron chi connectivity index (χ3n) is 6.40. The Labute approximate surface area is 215 Å².